The Bertz CT molecular complexity index is 266. The second-order valence-corrected chi connectivity index (χ2v) is 2.23. The van der Waals surface area contributed by atoms with Gasteiger partial charge in [0.05, 0.1) is 6.54 Å². The van der Waals surface area contributed by atoms with Gasteiger partial charge in [-0.1, -0.05) is 18.2 Å². The summed E-state index contributed by atoms with van der Waals surface area (Å²) in [5.41, 5.74) is 0.866. The Morgan fingerprint density at radius 3 is 2.62 bits per heavy atom. The van der Waals surface area contributed by atoms with E-state index in [1.807, 2.05) is 19.1 Å². The van der Waals surface area contributed by atoms with Gasteiger partial charge in [-0.2, -0.15) is 0 Å². The molecule has 1 aromatic carbocycles. The van der Waals surface area contributed by atoms with Crippen molar-refractivity contribution in [2.45, 2.75) is 13.5 Å². The fourth-order valence-corrected chi connectivity index (χ4v) is 0.834. The quantitative estimate of drug-likeness (QED) is 0.796. The minimum atomic E-state index is 0.318. The molecule has 72 valence electrons. The van der Waals surface area contributed by atoms with Gasteiger partial charge in [-0.05, 0) is 19.2 Å². The minimum absolute atomic E-state index is 0.318. The predicted molar refractivity (Wildman–Crippen MR) is 51.8 cm³/mol. The number of aliphatic imine (C=N–C) groups is 1. The van der Waals surface area contributed by atoms with Crippen LogP contribution in [0, 0.1) is 0 Å². The van der Waals surface area contributed by atoms with E-state index < -0.39 is 0 Å². The Labute approximate surface area is 90.5 Å². The normalized spacial score (nSPS) is 9.46. The topological polar surface area (TPSA) is 32.6 Å². The number of phenols is 1. The van der Waals surface area contributed by atoms with Crippen LogP contribution in [0.4, 0.5) is 0 Å². The fraction of sp³-hybridized carbons (Fsp3) is 0.222. The molecule has 0 spiro atoms. The van der Waals surface area contributed by atoms with Crippen LogP contribution in [0.2, 0.25) is 0 Å². The van der Waals surface area contributed by atoms with E-state index in [-0.39, 0.29) is 0 Å². The standard InChI is InChI=1S/C9H11NO.ClH.Co/c1-2-10-7-8-5-3-4-6-9(8)11;;/h2-6,11H,7H2,1H3;1H;/q;;+3/p-1. The summed E-state index contributed by atoms with van der Waals surface area (Å²) in [7, 11) is 4.33. The van der Waals surface area contributed by atoms with E-state index in [2.05, 4.69) is 30.0 Å². The third kappa shape index (κ3) is 4.93. The Kier molecular flexibility index (Phi) is 7.78. The van der Waals surface area contributed by atoms with Crippen LogP contribution < -0.4 is 0 Å². The van der Waals surface area contributed by atoms with Crippen LogP contribution in [0.25, 0.3) is 0 Å². The number of aromatic hydroxyl groups is 1. The van der Waals surface area contributed by atoms with Crippen molar-refractivity contribution in [1.82, 2.24) is 0 Å². The third-order valence-electron chi connectivity index (χ3n) is 1.44. The van der Waals surface area contributed by atoms with E-state index in [1.165, 1.54) is 0 Å². The molecule has 0 radical (unpaired) electrons. The maximum atomic E-state index is 9.26. The summed E-state index contributed by atoms with van der Waals surface area (Å²) in [5.74, 6) is 0.318. The average molecular weight is 244 g/mol. The Morgan fingerprint density at radius 2 is 2.08 bits per heavy atom. The second kappa shape index (κ2) is 8.10. The number of benzene rings is 1. The SMILES string of the molecule is CC=NCc1ccccc1O.[Cl][Co+2]. The molecule has 1 N–H and O–H groups in total. The molecule has 0 bridgehead atoms. The van der Waals surface area contributed by atoms with Crippen LogP contribution in [0.1, 0.15) is 12.5 Å². The summed E-state index contributed by atoms with van der Waals surface area (Å²) in [6, 6.07) is 7.22. The van der Waals surface area contributed by atoms with Gasteiger partial charge in [-0.3, -0.25) is 4.99 Å². The first-order chi connectivity index (χ1) is 6.34. The summed E-state index contributed by atoms with van der Waals surface area (Å²) in [5, 5.41) is 9.26. The number of nitrogens with zero attached hydrogens (tertiary/aromatic N) is 1. The van der Waals surface area contributed by atoms with Crippen LogP contribution in [-0.2, 0) is 21.4 Å². The number of para-hydroxylation sites is 1. The Balaban J connectivity index is 0.000000671. The van der Waals surface area contributed by atoms with E-state index in [4.69, 9.17) is 0 Å². The van der Waals surface area contributed by atoms with E-state index in [9.17, 15) is 5.11 Å². The molecule has 0 aliphatic heterocycles. The molecule has 0 aromatic heterocycles. The van der Waals surface area contributed by atoms with Gasteiger partial charge >= 0.3 is 25.0 Å². The molecule has 1 rings (SSSR count). The number of halogens is 1. The maximum absolute atomic E-state index is 9.26. The molecule has 4 heteroatoms. The number of hydrogen-bond acceptors (Lipinski definition) is 2. The van der Waals surface area contributed by atoms with E-state index >= 15 is 0 Å². The van der Waals surface area contributed by atoms with E-state index in [0.717, 1.165) is 5.56 Å². The molecule has 0 saturated heterocycles. The zero-order chi connectivity index (χ0) is 10.1. The van der Waals surface area contributed by atoms with Gasteiger partial charge < -0.3 is 5.11 Å². The average Bonchev–Trinajstić information content (AvgIpc) is 2.20. The van der Waals surface area contributed by atoms with Gasteiger partial charge in [0.2, 0.25) is 0 Å². The van der Waals surface area contributed by atoms with Crippen LogP contribution in [-0.4, -0.2) is 11.3 Å². The van der Waals surface area contributed by atoms with Gasteiger partial charge in [0.25, 0.3) is 0 Å². The first-order valence-corrected chi connectivity index (χ1v) is 5.11. The number of phenolic OH excluding ortho intramolecular Hbond substituents is 1. The van der Waals surface area contributed by atoms with Gasteiger partial charge in [0, 0.05) is 5.56 Å². The van der Waals surface area contributed by atoms with Crippen LogP contribution >= 0.6 is 10.1 Å². The summed E-state index contributed by atoms with van der Waals surface area (Å²) in [6.07, 6.45) is 1.73. The monoisotopic (exact) mass is 243 g/mol. The van der Waals surface area contributed by atoms with Crippen LogP contribution in [0.5, 0.6) is 5.75 Å². The summed E-state index contributed by atoms with van der Waals surface area (Å²) in [6.45, 7) is 2.42. The van der Waals surface area contributed by atoms with Crippen molar-refractivity contribution in [3.8, 4) is 5.75 Å². The van der Waals surface area contributed by atoms with Crippen molar-refractivity contribution in [3.05, 3.63) is 29.8 Å². The van der Waals surface area contributed by atoms with Gasteiger partial charge in [0.15, 0.2) is 0 Å². The van der Waals surface area contributed by atoms with Crippen molar-refractivity contribution < 1.29 is 19.9 Å². The summed E-state index contributed by atoms with van der Waals surface area (Å²) in [4.78, 5) is 4.02. The van der Waals surface area contributed by atoms with Gasteiger partial charge in [0.1, 0.15) is 5.75 Å². The van der Waals surface area contributed by atoms with Crippen LogP contribution in [0.3, 0.4) is 0 Å². The number of rotatable bonds is 2. The Morgan fingerprint density at radius 1 is 1.46 bits per heavy atom. The number of hydrogen-bond donors (Lipinski definition) is 1. The molecule has 13 heavy (non-hydrogen) atoms. The Hall–Kier alpha value is -0.514. The van der Waals surface area contributed by atoms with Crippen molar-refractivity contribution in [2.24, 2.45) is 4.99 Å². The van der Waals surface area contributed by atoms with Crippen molar-refractivity contribution >= 4 is 16.4 Å². The second-order valence-electron chi connectivity index (χ2n) is 2.23. The molecule has 0 heterocycles. The zero-order valence-corrected chi connectivity index (χ0v) is 9.00. The summed E-state index contributed by atoms with van der Waals surface area (Å²) >= 11 is 3.03. The van der Waals surface area contributed by atoms with Crippen molar-refractivity contribution in [2.75, 3.05) is 0 Å². The third-order valence-corrected chi connectivity index (χ3v) is 1.44. The predicted octanol–water partition coefficient (Wildman–Crippen LogP) is 2.67. The van der Waals surface area contributed by atoms with E-state index in [0.29, 0.717) is 12.3 Å². The molecule has 1 aromatic rings. The first-order valence-electron chi connectivity index (χ1n) is 3.68. The van der Waals surface area contributed by atoms with Crippen molar-refractivity contribution in [1.29, 1.82) is 0 Å². The molecular weight excluding hydrogens is 232 g/mol. The molecule has 0 saturated carbocycles. The molecular formula is C9H11ClCoNO+2. The molecule has 0 fully saturated rings. The van der Waals surface area contributed by atoms with Gasteiger partial charge in [-0.25, -0.2) is 0 Å². The van der Waals surface area contributed by atoms with Gasteiger partial charge in [-0.15, -0.1) is 0 Å². The molecule has 2 nitrogen and oxygen atoms in total. The molecule has 0 amide bonds. The molecule has 0 unspecified atom stereocenters. The molecule has 0 aliphatic carbocycles. The molecule has 0 atom stereocenters. The van der Waals surface area contributed by atoms with E-state index in [1.54, 1.807) is 18.3 Å². The fourth-order valence-electron chi connectivity index (χ4n) is 0.834. The summed E-state index contributed by atoms with van der Waals surface area (Å²) < 4.78 is 0. The van der Waals surface area contributed by atoms with Crippen LogP contribution in [0.15, 0.2) is 29.3 Å². The zero-order valence-electron chi connectivity index (χ0n) is 7.20. The first kappa shape index (κ1) is 12.5. The molecule has 0 aliphatic rings. The van der Waals surface area contributed by atoms with Crippen molar-refractivity contribution in [3.63, 3.8) is 0 Å².